The lowest BCUT2D eigenvalue weighted by Crippen LogP contribution is -2.07. The molecule has 0 radical (unpaired) electrons. The highest BCUT2D eigenvalue weighted by molar-refractivity contribution is 5.93. The molecular weight excluding hydrogens is 230 g/mol. The molecule has 2 rings (SSSR count). The Hall–Kier alpha value is -2.17. The third kappa shape index (κ3) is 2.25. The summed E-state index contributed by atoms with van der Waals surface area (Å²) in [7, 11) is 1.81. The maximum absolute atomic E-state index is 11.8. The molecule has 1 heterocycles. The summed E-state index contributed by atoms with van der Waals surface area (Å²) >= 11 is 0. The normalized spacial score (nSPS) is 10.4. The molecule has 0 aliphatic heterocycles. The SMILES string of the molecule is CCOC(=O)c1cccc(-c2ncn(C)n2)c1C. The van der Waals surface area contributed by atoms with Crippen LogP contribution >= 0.6 is 0 Å². The van der Waals surface area contributed by atoms with Crippen molar-refractivity contribution in [2.45, 2.75) is 13.8 Å². The average Bonchev–Trinajstić information content (AvgIpc) is 2.76. The van der Waals surface area contributed by atoms with Crippen LogP contribution in [0.4, 0.5) is 0 Å². The number of aromatic nitrogens is 3. The van der Waals surface area contributed by atoms with Crippen molar-refractivity contribution in [3.8, 4) is 11.4 Å². The molecule has 0 bridgehead atoms. The topological polar surface area (TPSA) is 57.0 Å². The summed E-state index contributed by atoms with van der Waals surface area (Å²) in [5, 5.41) is 4.24. The number of nitrogens with zero attached hydrogens (tertiary/aromatic N) is 3. The van der Waals surface area contributed by atoms with Crippen molar-refractivity contribution in [1.29, 1.82) is 0 Å². The largest absolute Gasteiger partial charge is 0.462 e. The predicted octanol–water partition coefficient (Wildman–Crippen LogP) is 1.97. The molecule has 1 aromatic carbocycles. The second-order valence-electron chi connectivity index (χ2n) is 3.94. The Labute approximate surface area is 105 Å². The predicted molar refractivity (Wildman–Crippen MR) is 67.1 cm³/mol. The van der Waals surface area contributed by atoms with Gasteiger partial charge in [-0.1, -0.05) is 12.1 Å². The van der Waals surface area contributed by atoms with Crippen molar-refractivity contribution in [3.05, 3.63) is 35.7 Å². The zero-order valence-electron chi connectivity index (χ0n) is 10.7. The number of aryl methyl sites for hydroxylation is 1. The molecule has 5 heteroatoms. The van der Waals surface area contributed by atoms with E-state index >= 15 is 0 Å². The monoisotopic (exact) mass is 245 g/mol. The van der Waals surface area contributed by atoms with E-state index in [4.69, 9.17) is 4.74 Å². The Kier molecular flexibility index (Phi) is 3.41. The Morgan fingerprint density at radius 3 is 2.83 bits per heavy atom. The van der Waals surface area contributed by atoms with Gasteiger partial charge >= 0.3 is 5.97 Å². The quantitative estimate of drug-likeness (QED) is 0.776. The van der Waals surface area contributed by atoms with E-state index in [2.05, 4.69) is 10.1 Å². The smallest absolute Gasteiger partial charge is 0.338 e. The zero-order chi connectivity index (χ0) is 13.1. The van der Waals surface area contributed by atoms with Gasteiger partial charge in [-0.2, -0.15) is 5.10 Å². The van der Waals surface area contributed by atoms with Gasteiger partial charge in [0.1, 0.15) is 6.33 Å². The Bertz CT molecular complexity index is 575. The lowest BCUT2D eigenvalue weighted by atomic mass is 10.0. The first-order chi connectivity index (χ1) is 8.63. The van der Waals surface area contributed by atoms with Gasteiger partial charge in [-0.3, -0.25) is 4.68 Å². The van der Waals surface area contributed by atoms with Gasteiger partial charge in [-0.05, 0) is 25.5 Å². The minimum atomic E-state index is -0.312. The van der Waals surface area contributed by atoms with Gasteiger partial charge in [-0.15, -0.1) is 0 Å². The number of benzene rings is 1. The maximum atomic E-state index is 11.8. The van der Waals surface area contributed by atoms with Gasteiger partial charge in [0, 0.05) is 12.6 Å². The van der Waals surface area contributed by atoms with Crippen LogP contribution in [0.2, 0.25) is 0 Å². The third-order valence-electron chi connectivity index (χ3n) is 2.67. The van der Waals surface area contributed by atoms with Crippen molar-refractivity contribution < 1.29 is 9.53 Å². The number of carbonyl (C=O) groups is 1. The molecule has 0 N–H and O–H groups in total. The molecule has 0 spiro atoms. The summed E-state index contributed by atoms with van der Waals surface area (Å²) in [4.78, 5) is 16.0. The van der Waals surface area contributed by atoms with Gasteiger partial charge < -0.3 is 4.74 Å². The molecule has 0 atom stereocenters. The molecule has 18 heavy (non-hydrogen) atoms. The Morgan fingerprint density at radius 1 is 1.44 bits per heavy atom. The minimum absolute atomic E-state index is 0.312. The van der Waals surface area contributed by atoms with Crippen LogP contribution in [0, 0.1) is 6.92 Å². The molecule has 94 valence electrons. The standard InChI is InChI=1S/C13H15N3O2/c1-4-18-13(17)11-7-5-6-10(9(11)2)12-14-8-16(3)15-12/h5-8H,4H2,1-3H3. The van der Waals surface area contributed by atoms with Gasteiger partial charge in [0.2, 0.25) is 0 Å². The van der Waals surface area contributed by atoms with E-state index in [1.54, 1.807) is 31.0 Å². The fourth-order valence-corrected chi connectivity index (χ4v) is 1.77. The van der Waals surface area contributed by atoms with E-state index in [9.17, 15) is 4.79 Å². The molecule has 0 fully saturated rings. The second-order valence-corrected chi connectivity index (χ2v) is 3.94. The molecule has 0 saturated carbocycles. The van der Waals surface area contributed by atoms with Crippen LogP contribution in [0.1, 0.15) is 22.8 Å². The first-order valence-electron chi connectivity index (χ1n) is 5.76. The van der Waals surface area contributed by atoms with E-state index in [1.165, 1.54) is 0 Å². The average molecular weight is 245 g/mol. The summed E-state index contributed by atoms with van der Waals surface area (Å²) in [6, 6.07) is 5.46. The van der Waals surface area contributed by atoms with E-state index in [1.807, 2.05) is 19.1 Å². The summed E-state index contributed by atoms with van der Waals surface area (Å²) in [6.07, 6.45) is 1.63. The molecule has 0 saturated heterocycles. The number of ether oxygens (including phenoxy) is 1. The van der Waals surface area contributed by atoms with Gasteiger partial charge in [-0.25, -0.2) is 9.78 Å². The molecular formula is C13H15N3O2. The van der Waals surface area contributed by atoms with Crippen LogP contribution in [0.25, 0.3) is 11.4 Å². The van der Waals surface area contributed by atoms with Crippen LogP contribution in [0.3, 0.4) is 0 Å². The zero-order valence-corrected chi connectivity index (χ0v) is 10.7. The van der Waals surface area contributed by atoms with Crippen molar-refractivity contribution in [2.24, 2.45) is 7.05 Å². The van der Waals surface area contributed by atoms with Crippen molar-refractivity contribution in [2.75, 3.05) is 6.61 Å². The van der Waals surface area contributed by atoms with Crippen LogP contribution in [-0.2, 0) is 11.8 Å². The molecule has 5 nitrogen and oxygen atoms in total. The fraction of sp³-hybridized carbons (Fsp3) is 0.308. The van der Waals surface area contributed by atoms with Crippen molar-refractivity contribution in [3.63, 3.8) is 0 Å². The fourth-order valence-electron chi connectivity index (χ4n) is 1.77. The minimum Gasteiger partial charge on any atom is -0.462 e. The Balaban J connectivity index is 2.45. The number of hydrogen-bond donors (Lipinski definition) is 0. The molecule has 1 aromatic heterocycles. The van der Waals surface area contributed by atoms with Crippen molar-refractivity contribution in [1.82, 2.24) is 14.8 Å². The molecule has 0 aliphatic carbocycles. The highest BCUT2D eigenvalue weighted by Crippen LogP contribution is 2.22. The summed E-state index contributed by atoms with van der Waals surface area (Å²) < 4.78 is 6.65. The van der Waals surface area contributed by atoms with Crippen LogP contribution in [0.15, 0.2) is 24.5 Å². The Morgan fingerprint density at radius 2 is 2.22 bits per heavy atom. The number of esters is 1. The second kappa shape index (κ2) is 5.00. The van der Waals surface area contributed by atoms with Gasteiger partial charge in [0.15, 0.2) is 5.82 Å². The van der Waals surface area contributed by atoms with Crippen LogP contribution in [-0.4, -0.2) is 27.3 Å². The van der Waals surface area contributed by atoms with Gasteiger partial charge in [0.25, 0.3) is 0 Å². The first kappa shape index (κ1) is 12.3. The third-order valence-corrected chi connectivity index (χ3v) is 2.67. The lowest BCUT2D eigenvalue weighted by molar-refractivity contribution is 0.0525. The summed E-state index contributed by atoms with van der Waals surface area (Å²) in [5.41, 5.74) is 2.24. The summed E-state index contributed by atoms with van der Waals surface area (Å²) in [6.45, 7) is 4.03. The van der Waals surface area contributed by atoms with E-state index < -0.39 is 0 Å². The highest BCUT2D eigenvalue weighted by atomic mass is 16.5. The number of carbonyl (C=O) groups excluding carboxylic acids is 1. The molecule has 0 aliphatic rings. The number of hydrogen-bond acceptors (Lipinski definition) is 4. The lowest BCUT2D eigenvalue weighted by Gasteiger charge is -2.08. The van der Waals surface area contributed by atoms with Crippen LogP contribution < -0.4 is 0 Å². The van der Waals surface area contributed by atoms with Crippen LogP contribution in [0.5, 0.6) is 0 Å². The van der Waals surface area contributed by atoms with E-state index in [0.717, 1.165) is 11.1 Å². The maximum Gasteiger partial charge on any atom is 0.338 e. The molecule has 0 unspecified atom stereocenters. The first-order valence-corrected chi connectivity index (χ1v) is 5.76. The van der Waals surface area contributed by atoms with Crippen molar-refractivity contribution >= 4 is 5.97 Å². The number of rotatable bonds is 3. The van der Waals surface area contributed by atoms with E-state index in [0.29, 0.717) is 18.0 Å². The van der Waals surface area contributed by atoms with Gasteiger partial charge in [0.05, 0.1) is 12.2 Å². The highest BCUT2D eigenvalue weighted by Gasteiger charge is 2.15. The molecule has 0 amide bonds. The van der Waals surface area contributed by atoms with E-state index in [-0.39, 0.29) is 5.97 Å². The summed E-state index contributed by atoms with van der Waals surface area (Å²) in [5.74, 6) is 0.300. The molecule has 2 aromatic rings.